The fraction of sp³-hybridized carbons (Fsp3) is 0.320. The lowest BCUT2D eigenvalue weighted by Crippen LogP contribution is -2.39. The van der Waals surface area contributed by atoms with Crippen molar-refractivity contribution in [3.05, 3.63) is 76.1 Å². The van der Waals surface area contributed by atoms with Gasteiger partial charge in [-0.1, -0.05) is 68.1 Å². The maximum absolute atomic E-state index is 14.0. The van der Waals surface area contributed by atoms with Crippen LogP contribution >= 0.6 is 11.8 Å². The zero-order valence-corrected chi connectivity index (χ0v) is 18.9. The number of carbonyl (C=O) groups is 1. The molecule has 1 heterocycles. The molecule has 0 saturated heterocycles. The van der Waals surface area contributed by atoms with Crippen LogP contribution in [0.5, 0.6) is 0 Å². The zero-order chi connectivity index (χ0) is 22.0. The number of fused-ring (bicyclic) bond motifs is 3. The third kappa shape index (κ3) is 3.92. The van der Waals surface area contributed by atoms with Gasteiger partial charge in [-0.2, -0.15) is 0 Å². The molecule has 1 aliphatic carbocycles. The molecule has 0 spiro atoms. The molecule has 0 radical (unpaired) electrons. The van der Waals surface area contributed by atoms with Gasteiger partial charge < -0.3 is 4.74 Å². The summed E-state index contributed by atoms with van der Waals surface area (Å²) in [7, 11) is 0. The van der Waals surface area contributed by atoms with E-state index in [-0.39, 0.29) is 22.7 Å². The molecule has 3 aromatic rings. The van der Waals surface area contributed by atoms with Gasteiger partial charge >= 0.3 is 5.97 Å². The predicted molar refractivity (Wildman–Crippen MR) is 124 cm³/mol. The SMILES string of the molecule is CCOC(=O)CSc1nc2c(c(=O)n1-c1ccccc1)C(C)(CC)Cc1ccccc1-2. The predicted octanol–water partition coefficient (Wildman–Crippen LogP) is 4.78. The maximum Gasteiger partial charge on any atom is 0.316 e. The minimum atomic E-state index is -0.321. The number of benzene rings is 2. The van der Waals surface area contributed by atoms with Crippen LogP contribution in [-0.2, 0) is 21.4 Å². The van der Waals surface area contributed by atoms with E-state index >= 15 is 0 Å². The largest absolute Gasteiger partial charge is 0.465 e. The molecular formula is C25H26N2O3S. The monoisotopic (exact) mass is 434 g/mol. The van der Waals surface area contributed by atoms with Gasteiger partial charge in [0.15, 0.2) is 5.16 Å². The molecule has 6 heteroatoms. The van der Waals surface area contributed by atoms with E-state index < -0.39 is 0 Å². The van der Waals surface area contributed by atoms with Crippen LogP contribution in [0.4, 0.5) is 0 Å². The number of hydrogen-bond acceptors (Lipinski definition) is 5. The quantitative estimate of drug-likeness (QED) is 0.317. The van der Waals surface area contributed by atoms with Crippen LogP contribution in [0.25, 0.3) is 16.9 Å². The van der Waals surface area contributed by atoms with Crippen LogP contribution in [0.15, 0.2) is 64.5 Å². The molecule has 0 saturated carbocycles. The van der Waals surface area contributed by atoms with Crippen molar-refractivity contribution in [2.24, 2.45) is 0 Å². The standard InChI is InChI=1S/C25H26N2O3S/c1-4-25(3)15-17-11-9-10-14-19(17)22-21(25)23(29)27(18-12-7-6-8-13-18)24(26-22)31-16-20(28)30-5-2/h6-14H,4-5,15-16H2,1-3H3. The van der Waals surface area contributed by atoms with Gasteiger partial charge in [-0.3, -0.25) is 14.2 Å². The fourth-order valence-electron chi connectivity index (χ4n) is 4.18. The van der Waals surface area contributed by atoms with Crippen molar-refractivity contribution < 1.29 is 9.53 Å². The highest BCUT2D eigenvalue weighted by Crippen LogP contribution is 2.43. The molecule has 160 valence electrons. The Bertz CT molecular complexity index is 1170. The summed E-state index contributed by atoms with van der Waals surface area (Å²) in [6.45, 7) is 6.37. The van der Waals surface area contributed by atoms with E-state index in [9.17, 15) is 9.59 Å². The first kappa shape index (κ1) is 21.4. The summed E-state index contributed by atoms with van der Waals surface area (Å²) < 4.78 is 6.73. The van der Waals surface area contributed by atoms with Crippen LogP contribution < -0.4 is 5.56 Å². The molecule has 0 amide bonds. The van der Waals surface area contributed by atoms with E-state index in [4.69, 9.17) is 9.72 Å². The molecule has 0 fully saturated rings. The third-order valence-corrected chi connectivity index (χ3v) is 6.84. The lowest BCUT2D eigenvalue weighted by atomic mass is 9.69. The molecule has 0 bridgehead atoms. The molecule has 5 nitrogen and oxygen atoms in total. The average Bonchev–Trinajstić information content (AvgIpc) is 2.78. The van der Waals surface area contributed by atoms with Crippen molar-refractivity contribution in [1.29, 1.82) is 0 Å². The molecule has 2 aromatic carbocycles. The Hall–Kier alpha value is -2.86. The van der Waals surface area contributed by atoms with E-state index in [0.29, 0.717) is 11.8 Å². The Balaban J connectivity index is 1.97. The highest BCUT2D eigenvalue weighted by Gasteiger charge is 2.38. The highest BCUT2D eigenvalue weighted by atomic mass is 32.2. The smallest absolute Gasteiger partial charge is 0.316 e. The molecule has 1 atom stereocenters. The second-order valence-corrected chi connectivity index (χ2v) is 8.88. The molecular weight excluding hydrogens is 408 g/mol. The second kappa shape index (κ2) is 8.71. The molecule has 31 heavy (non-hydrogen) atoms. The molecule has 4 rings (SSSR count). The summed E-state index contributed by atoms with van der Waals surface area (Å²) in [5.41, 5.74) is 4.04. The number of rotatable bonds is 6. The molecule has 0 aliphatic heterocycles. The van der Waals surface area contributed by atoms with Crippen molar-refractivity contribution in [2.45, 2.75) is 44.2 Å². The minimum absolute atomic E-state index is 0.0681. The molecule has 1 unspecified atom stereocenters. The van der Waals surface area contributed by atoms with Gasteiger partial charge in [0.2, 0.25) is 0 Å². The Kier molecular flexibility index (Phi) is 6.01. The number of carbonyl (C=O) groups excluding carboxylic acids is 1. The lowest BCUT2D eigenvalue weighted by molar-refractivity contribution is -0.139. The Morgan fingerprint density at radius 1 is 1.13 bits per heavy atom. The first-order valence-electron chi connectivity index (χ1n) is 10.6. The average molecular weight is 435 g/mol. The van der Waals surface area contributed by atoms with E-state index in [1.165, 1.54) is 17.3 Å². The lowest BCUT2D eigenvalue weighted by Gasteiger charge is -2.35. The number of nitrogens with zero attached hydrogens (tertiary/aromatic N) is 2. The van der Waals surface area contributed by atoms with Gasteiger partial charge in [-0.15, -0.1) is 0 Å². The van der Waals surface area contributed by atoms with Crippen LogP contribution in [0.3, 0.4) is 0 Å². The van der Waals surface area contributed by atoms with E-state index in [1.54, 1.807) is 11.5 Å². The highest BCUT2D eigenvalue weighted by molar-refractivity contribution is 7.99. The topological polar surface area (TPSA) is 61.2 Å². The number of hydrogen-bond donors (Lipinski definition) is 0. The first-order chi connectivity index (χ1) is 15.0. The number of thioether (sulfide) groups is 1. The van der Waals surface area contributed by atoms with Gasteiger partial charge in [-0.05, 0) is 37.5 Å². The normalized spacial score (nSPS) is 17.0. The molecule has 1 aromatic heterocycles. The zero-order valence-electron chi connectivity index (χ0n) is 18.1. The summed E-state index contributed by atoms with van der Waals surface area (Å²) in [4.78, 5) is 31.0. The van der Waals surface area contributed by atoms with Gasteiger partial charge in [0, 0.05) is 11.0 Å². The van der Waals surface area contributed by atoms with Crippen molar-refractivity contribution >= 4 is 17.7 Å². The summed E-state index contributed by atoms with van der Waals surface area (Å²) >= 11 is 1.24. The maximum atomic E-state index is 14.0. The first-order valence-corrected chi connectivity index (χ1v) is 11.6. The number of esters is 1. The minimum Gasteiger partial charge on any atom is -0.465 e. The summed E-state index contributed by atoms with van der Waals surface area (Å²) in [6, 6.07) is 17.6. The second-order valence-electron chi connectivity index (χ2n) is 7.94. The van der Waals surface area contributed by atoms with Crippen LogP contribution in [0, 0.1) is 0 Å². The van der Waals surface area contributed by atoms with Gasteiger partial charge in [0.05, 0.1) is 29.3 Å². The summed E-state index contributed by atoms with van der Waals surface area (Å²) in [6.07, 6.45) is 1.63. The molecule has 1 aliphatic rings. The Morgan fingerprint density at radius 3 is 2.55 bits per heavy atom. The third-order valence-electron chi connectivity index (χ3n) is 5.93. The Morgan fingerprint density at radius 2 is 1.84 bits per heavy atom. The molecule has 0 N–H and O–H groups in total. The van der Waals surface area contributed by atoms with Gasteiger partial charge in [-0.25, -0.2) is 4.98 Å². The van der Waals surface area contributed by atoms with E-state index in [1.807, 2.05) is 48.5 Å². The van der Waals surface area contributed by atoms with Crippen molar-refractivity contribution in [3.8, 4) is 16.9 Å². The van der Waals surface area contributed by atoms with Crippen molar-refractivity contribution in [1.82, 2.24) is 9.55 Å². The van der Waals surface area contributed by atoms with Crippen LogP contribution in [0.1, 0.15) is 38.3 Å². The van der Waals surface area contributed by atoms with Crippen LogP contribution in [-0.4, -0.2) is 27.9 Å². The Labute approximate surface area is 186 Å². The van der Waals surface area contributed by atoms with E-state index in [2.05, 4.69) is 19.9 Å². The van der Waals surface area contributed by atoms with Gasteiger partial charge in [0.25, 0.3) is 5.56 Å². The van der Waals surface area contributed by atoms with Gasteiger partial charge in [0.1, 0.15) is 0 Å². The number of ether oxygens (including phenoxy) is 1. The van der Waals surface area contributed by atoms with Crippen LogP contribution in [0.2, 0.25) is 0 Å². The summed E-state index contributed by atoms with van der Waals surface area (Å²) in [5, 5.41) is 0.498. The van der Waals surface area contributed by atoms with Crippen molar-refractivity contribution in [2.75, 3.05) is 12.4 Å². The fourth-order valence-corrected chi connectivity index (χ4v) is 4.99. The summed E-state index contributed by atoms with van der Waals surface area (Å²) in [5.74, 6) is -0.226. The van der Waals surface area contributed by atoms with Crippen molar-refractivity contribution in [3.63, 3.8) is 0 Å². The number of aromatic nitrogens is 2. The van der Waals surface area contributed by atoms with E-state index in [0.717, 1.165) is 35.3 Å². The number of para-hydroxylation sites is 1.